The van der Waals surface area contributed by atoms with Gasteiger partial charge in [0.25, 0.3) is 10.0 Å². The van der Waals surface area contributed by atoms with Gasteiger partial charge in [0.15, 0.2) is 5.65 Å². The molecule has 32 heavy (non-hydrogen) atoms. The minimum absolute atomic E-state index is 0.0469. The van der Waals surface area contributed by atoms with E-state index in [9.17, 15) is 13.2 Å². The number of carbonyl (C=O) groups excluding carboxylic acids is 1. The monoisotopic (exact) mass is 451 g/mol. The van der Waals surface area contributed by atoms with E-state index in [-0.39, 0.29) is 22.8 Å². The largest absolute Gasteiger partial charge is 0.469 e. The summed E-state index contributed by atoms with van der Waals surface area (Å²) in [5, 5.41) is 0.429. The number of methoxy groups -OCH3 is 1. The van der Waals surface area contributed by atoms with Crippen molar-refractivity contribution in [2.24, 2.45) is 5.73 Å². The summed E-state index contributed by atoms with van der Waals surface area (Å²) in [5.41, 5.74) is 14.4. The zero-order chi connectivity index (χ0) is 22.9. The van der Waals surface area contributed by atoms with Crippen molar-refractivity contribution >= 4 is 32.8 Å². The fourth-order valence-corrected chi connectivity index (χ4v) is 4.80. The summed E-state index contributed by atoms with van der Waals surface area (Å²) in [7, 11) is -2.60. The predicted molar refractivity (Wildman–Crippen MR) is 120 cm³/mol. The van der Waals surface area contributed by atoms with E-state index in [1.54, 1.807) is 42.5 Å². The van der Waals surface area contributed by atoms with Crippen molar-refractivity contribution in [2.75, 3.05) is 12.8 Å². The SMILES string of the molecule is COC(=O)CC(N)c1ccc(-c2cn(S(=O)(=O)c3ccccc3)c3ncnc(N)c23)cc1. The van der Waals surface area contributed by atoms with E-state index in [1.165, 1.54) is 31.8 Å². The van der Waals surface area contributed by atoms with Gasteiger partial charge in [0, 0.05) is 17.8 Å². The van der Waals surface area contributed by atoms with E-state index in [0.29, 0.717) is 16.5 Å². The van der Waals surface area contributed by atoms with Gasteiger partial charge >= 0.3 is 5.97 Å². The zero-order valence-corrected chi connectivity index (χ0v) is 18.0. The maximum atomic E-state index is 13.3. The molecule has 0 saturated heterocycles. The van der Waals surface area contributed by atoms with E-state index in [1.807, 2.05) is 0 Å². The van der Waals surface area contributed by atoms with Crippen molar-refractivity contribution in [3.8, 4) is 11.1 Å². The highest BCUT2D eigenvalue weighted by Gasteiger charge is 2.24. The Kier molecular flexibility index (Phi) is 5.64. The summed E-state index contributed by atoms with van der Waals surface area (Å²) in [6, 6.07) is 14.7. The number of ether oxygens (including phenoxy) is 1. The van der Waals surface area contributed by atoms with E-state index >= 15 is 0 Å². The third kappa shape index (κ3) is 3.81. The van der Waals surface area contributed by atoms with Crippen molar-refractivity contribution in [3.63, 3.8) is 0 Å². The molecular weight excluding hydrogens is 430 g/mol. The fourth-order valence-electron chi connectivity index (χ4n) is 3.46. The lowest BCUT2D eigenvalue weighted by molar-refractivity contribution is -0.141. The quantitative estimate of drug-likeness (QED) is 0.426. The Morgan fingerprint density at radius 1 is 1.09 bits per heavy atom. The number of nitrogens with zero attached hydrogens (tertiary/aromatic N) is 3. The number of anilines is 1. The molecule has 2 heterocycles. The molecular formula is C22H21N5O4S. The van der Waals surface area contributed by atoms with Crippen LogP contribution in [0.3, 0.4) is 0 Å². The number of benzene rings is 2. The molecule has 1 atom stereocenters. The van der Waals surface area contributed by atoms with Crippen LogP contribution in [0.25, 0.3) is 22.2 Å². The Balaban J connectivity index is 1.82. The molecule has 0 spiro atoms. The highest BCUT2D eigenvalue weighted by Crippen LogP contribution is 2.35. The molecule has 0 amide bonds. The van der Waals surface area contributed by atoms with Gasteiger partial charge in [0.1, 0.15) is 12.1 Å². The van der Waals surface area contributed by atoms with Gasteiger partial charge in [-0.25, -0.2) is 22.4 Å². The van der Waals surface area contributed by atoms with Gasteiger partial charge in [-0.05, 0) is 23.3 Å². The molecule has 0 aliphatic rings. The van der Waals surface area contributed by atoms with Crippen molar-refractivity contribution in [1.29, 1.82) is 0 Å². The van der Waals surface area contributed by atoms with Crippen molar-refractivity contribution in [3.05, 3.63) is 72.7 Å². The van der Waals surface area contributed by atoms with E-state index in [4.69, 9.17) is 11.5 Å². The maximum Gasteiger partial charge on any atom is 0.307 e. The smallest absolute Gasteiger partial charge is 0.307 e. The molecule has 0 radical (unpaired) electrons. The molecule has 0 saturated carbocycles. The van der Waals surface area contributed by atoms with Crippen molar-refractivity contribution in [1.82, 2.24) is 13.9 Å². The summed E-state index contributed by atoms with van der Waals surface area (Å²) >= 11 is 0. The van der Waals surface area contributed by atoms with Crippen LogP contribution in [0.5, 0.6) is 0 Å². The Morgan fingerprint density at radius 3 is 2.44 bits per heavy atom. The summed E-state index contributed by atoms with van der Waals surface area (Å²) in [6.45, 7) is 0. The second-order valence-corrected chi connectivity index (χ2v) is 8.94. The van der Waals surface area contributed by atoms with E-state index in [2.05, 4.69) is 14.7 Å². The van der Waals surface area contributed by atoms with Crippen LogP contribution in [0.4, 0.5) is 5.82 Å². The van der Waals surface area contributed by atoms with Crippen LogP contribution in [0.15, 0.2) is 72.0 Å². The minimum Gasteiger partial charge on any atom is -0.469 e. The van der Waals surface area contributed by atoms with Gasteiger partial charge in [0.05, 0.1) is 23.8 Å². The van der Waals surface area contributed by atoms with E-state index in [0.717, 1.165) is 9.54 Å². The average molecular weight is 452 g/mol. The Bertz CT molecular complexity index is 1380. The number of carbonyl (C=O) groups is 1. The van der Waals surface area contributed by atoms with Gasteiger partial charge in [0.2, 0.25) is 0 Å². The zero-order valence-electron chi connectivity index (χ0n) is 17.2. The maximum absolute atomic E-state index is 13.3. The molecule has 4 aromatic rings. The normalized spacial score (nSPS) is 12.6. The molecule has 0 aliphatic carbocycles. The van der Waals surface area contributed by atoms with Gasteiger partial charge in [-0.3, -0.25) is 4.79 Å². The first-order chi connectivity index (χ1) is 15.3. The first-order valence-corrected chi connectivity index (χ1v) is 11.1. The molecule has 1 unspecified atom stereocenters. The van der Waals surface area contributed by atoms with Crippen LogP contribution in [0.1, 0.15) is 18.0 Å². The Labute approximate surface area is 184 Å². The molecule has 164 valence electrons. The fraction of sp³-hybridized carbons (Fsp3) is 0.136. The lowest BCUT2D eigenvalue weighted by Crippen LogP contribution is -2.16. The minimum atomic E-state index is -3.91. The number of fused-ring (bicyclic) bond motifs is 1. The van der Waals surface area contributed by atoms with Crippen LogP contribution in [0.2, 0.25) is 0 Å². The van der Waals surface area contributed by atoms with Gasteiger partial charge in [-0.1, -0.05) is 42.5 Å². The van der Waals surface area contributed by atoms with Crippen LogP contribution in [-0.2, 0) is 19.6 Å². The van der Waals surface area contributed by atoms with Gasteiger partial charge in [-0.15, -0.1) is 0 Å². The highest BCUT2D eigenvalue weighted by molar-refractivity contribution is 7.90. The molecule has 9 nitrogen and oxygen atoms in total. The molecule has 2 aromatic heterocycles. The summed E-state index contributed by atoms with van der Waals surface area (Å²) in [4.78, 5) is 19.8. The van der Waals surface area contributed by atoms with Crippen molar-refractivity contribution in [2.45, 2.75) is 17.4 Å². The Morgan fingerprint density at radius 2 is 1.78 bits per heavy atom. The lowest BCUT2D eigenvalue weighted by Gasteiger charge is -2.11. The molecule has 2 aromatic carbocycles. The Hall–Kier alpha value is -3.76. The molecule has 0 fully saturated rings. The summed E-state index contributed by atoms with van der Waals surface area (Å²) in [5.74, 6) is -0.237. The molecule has 4 N–H and O–H groups in total. The highest BCUT2D eigenvalue weighted by atomic mass is 32.2. The third-order valence-electron chi connectivity index (χ3n) is 5.15. The van der Waals surface area contributed by atoms with Crippen LogP contribution >= 0.6 is 0 Å². The first kappa shape index (κ1) is 21.5. The molecule has 0 aliphatic heterocycles. The average Bonchev–Trinajstić information content (AvgIpc) is 3.21. The number of rotatable bonds is 6. The number of hydrogen-bond donors (Lipinski definition) is 2. The number of nitrogen functional groups attached to an aromatic ring is 1. The van der Waals surface area contributed by atoms with Crippen LogP contribution in [-0.4, -0.2) is 35.4 Å². The molecule has 4 rings (SSSR count). The second-order valence-electron chi connectivity index (χ2n) is 7.12. The summed E-state index contributed by atoms with van der Waals surface area (Å²) < 4.78 is 32.3. The number of aromatic nitrogens is 3. The lowest BCUT2D eigenvalue weighted by atomic mass is 10.00. The summed E-state index contributed by atoms with van der Waals surface area (Å²) in [6.07, 6.45) is 2.76. The third-order valence-corrected chi connectivity index (χ3v) is 6.81. The molecule has 0 bridgehead atoms. The topological polar surface area (TPSA) is 143 Å². The van der Waals surface area contributed by atoms with Gasteiger partial charge in [-0.2, -0.15) is 0 Å². The van der Waals surface area contributed by atoms with Crippen molar-refractivity contribution < 1.29 is 17.9 Å². The van der Waals surface area contributed by atoms with E-state index < -0.39 is 22.0 Å². The van der Waals surface area contributed by atoms with Crippen LogP contribution in [0, 0.1) is 0 Å². The first-order valence-electron chi connectivity index (χ1n) is 9.68. The predicted octanol–water partition coefficient (Wildman–Crippen LogP) is 2.48. The number of nitrogens with two attached hydrogens (primary N) is 2. The standard InChI is InChI=1S/C22H21N5O4S/c1-31-19(28)11-18(23)15-9-7-14(8-10-15)17-12-27(22-20(17)21(24)25-13-26-22)32(29,30)16-5-3-2-4-6-16/h2-10,12-13,18H,11,23H2,1H3,(H2,24,25,26). The number of esters is 1. The molecule has 10 heteroatoms. The van der Waals surface area contributed by atoms with Gasteiger partial charge < -0.3 is 16.2 Å². The second kappa shape index (κ2) is 8.40. The van der Waals surface area contributed by atoms with Crippen LogP contribution < -0.4 is 11.5 Å². The number of hydrogen-bond acceptors (Lipinski definition) is 8.